The molecule has 2 rings (SSSR count). The number of rotatable bonds is 8. The number of nitrogens with two attached hydrogens (primary N) is 1. The second kappa shape index (κ2) is 9.71. The molecule has 1 aromatic carbocycles. The minimum atomic E-state index is -0.521. The summed E-state index contributed by atoms with van der Waals surface area (Å²) in [6.45, 7) is 1.83. The number of hydrogen-bond donors (Lipinski definition) is 2. The first-order valence-electron chi connectivity index (χ1n) is 8.64. The van der Waals surface area contributed by atoms with Crippen molar-refractivity contribution in [2.45, 2.75) is 19.3 Å². The predicted molar refractivity (Wildman–Crippen MR) is 94.6 cm³/mol. The third kappa shape index (κ3) is 5.41. The fraction of sp³-hybridized carbons (Fsp3) is 0.529. The molecule has 1 saturated heterocycles. The van der Waals surface area contributed by atoms with E-state index in [2.05, 4.69) is 5.32 Å². The molecule has 0 spiro atoms. The van der Waals surface area contributed by atoms with Crippen molar-refractivity contribution in [2.24, 2.45) is 11.7 Å². The molecule has 0 bridgehead atoms. The Morgan fingerprint density at radius 2 is 2.15 bits per heavy atom. The van der Waals surface area contributed by atoms with E-state index < -0.39 is 4.92 Å². The van der Waals surface area contributed by atoms with Gasteiger partial charge in [0.2, 0.25) is 11.8 Å². The Labute approximate surface area is 151 Å². The Balaban J connectivity index is 1.82. The van der Waals surface area contributed by atoms with Crippen LogP contribution in [0.15, 0.2) is 24.3 Å². The van der Waals surface area contributed by atoms with Crippen LogP contribution in [0.1, 0.15) is 19.3 Å². The van der Waals surface area contributed by atoms with Crippen LogP contribution in [0.4, 0.5) is 5.69 Å². The van der Waals surface area contributed by atoms with Crippen molar-refractivity contribution in [2.75, 3.05) is 32.8 Å². The third-order valence-corrected chi connectivity index (χ3v) is 4.22. The number of piperidine rings is 1. The van der Waals surface area contributed by atoms with E-state index >= 15 is 0 Å². The molecule has 142 valence electrons. The van der Waals surface area contributed by atoms with Crippen LogP contribution in [-0.4, -0.2) is 54.4 Å². The van der Waals surface area contributed by atoms with Gasteiger partial charge in [0.25, 0.3) is 0 Å². The standard InChI is InChI=1S/C17H24N4O5/c18-8-9-19-17(23)13-4-3-10-20(12-13)16(22)7-11-26-15-6-2-1-5-14(15)21(24)25/h1-2,5-6,13H,3-4,7-12,18H2,(H,19,23). The fourth-order valence-electron chi connectivity index (χ4n) is 2.89. The van der Waals surface area contributed by atoms with Gasteiger partial charge >= 0.3 is 5.69 Å². The molecule has 0 saturated carbocycles. The molecule has 0 aliphatic carbocycles. The summed E-state index contributed by atoms with van der Waals surface area (Å²) in [5.74, 6) is -0.289. The number of hydrogen-bond acceptors (Lipinski definition) is 6. The molecule has 26 heavy (non-hydrogen) atoms. The first kappa shape index (κ1) is 19.6. The van der Waals surface area contributed by atoms with Crippen LogP contribution in [-0.2, 0) is 9.59 Å². The van der Waals surface area contributed by atoms with Gasteiger partial charge in [-0.3, -0.25) is 19.7 Å². The van der Waals surface area contributed by atoms with Crippen LogP contribution in [0.5, 0.6) is 5.75 Å². The molecule has 3 N–H and O–H groups in total. The summed E-state index contributed by atoms with van der Waals surface area (Å²) in [4.78, 5) is 36.5. The van der Waals surface area contributed by atoms with Gasteiger partial charge in [-0.25, -0.2) is 0 Å². The number of benzene rings is 1. The number of nitrogens with one attached hydrogen (secondary N) is 1. The van der Waals surface area contributed by atoms with E-state index in [1.54, 1.807) is 17.0 Å². The van der Waals surface area contributed by atoms with Crippen molar-refractivity contribution < 1.29 is 19.2 Å². The Bertz CT molecular complexity index is 652. The SMILES string of the molecule is NCCNC(=O)C1CCCN(C(=O)CCOc2ccccc2[N+](=O)[O-])C1. The lowest BCUT2D eigenvalue weighted by Gasteiger charge is -2.32. The van der Waals surface area contributed by atoms with Gasteiger partial charge in [0.1, 0.15) is 0 Å². The molecular formula is C17H24N4O5. The fourth-order valence-corrected chi connectivity index (χ4v) is 2.89. The normalized spacial score (nSPS) is 16.8. The number of likely N-dealkylation sites (tertiary alicyclic amines) is 1. The van der Waals surface area contributed by atoms with Crippen LogP contribution in [0, 0.1) is 16.0 Å². The van der Waals surface area contributed by atoms with Gasteiger partial charge in [-0.15, -0.1) is 0 Å². The number of carbonyl (C=O) groups is 2. The van der Waals surface area contributed by atoms with Crippen LogP contribution < -0.4 is 15.8 Å². The topological polar surface area (TPSA) is 128 Å². The smallest absolute Gasteiger partial charge is 0.310 e. The predicted octanol–water partition coefficient (Wildman–Crippen LogP) is 0.677. The minimum Gasteiger partial charge on any atom is -0.486 e. The second-order valence-corrected chi connectivity index (χ2v) is 6.08. The summed E-state index contributed by atoms with van der Waals surface area (Å²) in [6.07, 6.45) is 1.60. The lowest BCUT2D eigenvalue weighted by atomic mass is 9.97. The molecule has 0 aromatic heterocycles. The number of amides is 2. The molecule has 1 unspecified atom stereocenters. The van der Waals surface area contributed by atoms with Crippen LogP contribution in [0.3, 0.4) is 0 Å². The lowest BCUT2D eigenvalue weighted by Crippen LogP contribution is -2.46. The highest BCUT2D eigenvalue weighted by Gasteiger charge is 2.28. The summed E-state index contributed by atoms with van der Waals surface area (Å²) in [5, 5.41) is 13.7. The van der Waals surface area contributed by atoms with Gasteiger partial charge in [0.15, 0.2) is 5.75 Å². The van der Waals surface area contributed by atoms with E-state index in [-0.39, 0.29) is 42.2 Å². The molecule has 9 heteroatoms. The Hall–Kier alpha value is -2.68. The van der Waals surface area contributed by atoms with Crippen LogP contribution >= 0.6 is 0 Å². The number of nitro benzene ring substituents is 1. The molecule has 1 atom stereocenters. The number of nitro groups is 1. The molecular weight excluding hydrogens is 340 g/mol. The summed E-state index contributed by atoms with van der Waals surface area (Å²) < 4.78 is 5.40. The largest absolute Gasteiger partial charge is 0.486 e. The van der Waals surface area contributed by atoms with E-state index in [9.17, 15) is 19.7 Å². The number of ether oxygens (including phenoxy) is 1. The highest BCUT2D eigenvalue weighted by atomic mass is 16.6. The van der Waals surface area contributed by atoms with Crippen molar-refractivity contribution in [1.82, 2.24) is 10.2 Å². The lowest BCUT2D eigenvalue weighted by molar-refractivity contribution is -0.385. The van der Waals surface area contributed by atoms with Gasteiger partial charge in [0.05, 0.1) is 23.9 Å². The molecule has 9 nitrogen and oxygen atoms in total. The summed E-state index contributed by atoms with van der Waals surface area (Å²) in [5.41, 5.74) is 5.25. The first-order valence-corrected chi connectivity index (χ1v) is 8.64. The van der Waals surface area contributed by atoms with Crippen molar-refractivity contribution in [3.63, 3.8) is 0 Å². The van der Waals surface area contributed by atoms with E-state index in [1.807, 2.05) is 0 Å². The average molecular weight is 364 g/mol. The van der Waals surface area contributed by atoms with E-state index in [0.29, 0.717) is 26.2 Å². The summed E-state index contributed by atoms with van der Waals surface area (Å²) in [6, 6.07) is 6.05. The Morgan fingerprint density at radius 3 is 2.88 bits per heavy atom. The molecule has 0 radical (unpaired) electrons. The van der Waals surface area contributed by atoms with Gasteiger partial charge in [-0.1, -0.05) is 12.1 Å². The maximum absolute atomic E-state index is 12.3. The van der Waals surface area contributed by atoms with Crippen LogP contribution in [0.2, 0.25) is 0 Å². The molecule has 2 amide bonds. The number of carbonyl (C=O) groups excluding carboxylic acids is 2. The highest BCUT2D eigenvalue weighted by Crippen LogP contribution is 2.26. The first-order chi connectivity index (χ1) is 12.5. The van der Waals surface area contributed by atoms with E-state index in [0.717, 1.165) is 12.8 Å². The maximum Gasteiger partial charge on any atom is 0.310 e. The van der Waals surface area contributed by atoms with Crippen molar-refractivity contribution >= 4 is 17.5 Å². The van der Waals surface area contributed by atoms with Gasteiger partial charge in [-0.2, -0.15) is 0 Å². The third-order valence-electron chi connectivity index (χ3n) is 4.22. The van der Waals surface area contributed by atoms with Crippen molar-refractivity contribution in [3.8, 4) is 5.75 Å². The number of nitrogens with zero attached hydrogens (tertiary/aromatic N) is 2. The quantitative estimate of drug-likeness (QED) is 0.516. The van der Waals surface area contributed by atoms with E-state index in [1.165, 1.54) is 12.1 Å². The second-order valence-electron chi connectivity index (χ2n) is 6.08. The van der Waals surface area contributed by atoms with Crippen LogP contribution in [0.25, 0.3) is 0 Å². The zero-order valence-corrected chi connectivity index (χ0v) is 14.6. The number of para-hydroxylation sites is 2. The van der Waals surface area contributed by atoms with Gasteiger partial charge in [-0.05, 0) is 18.9 Å². The highest BCUT2D eigenvalue weighted by molar-refractivity contribution is 5.81. The zero-order valence-electron chi connectivity index (χ0n) is 14.6. The molecule has 1 aliphatic heterocycles. The van der Waals surface area contributed by atoms with Gasteiger partial charge < -0.3 is 20.7 Å². The molecule has 1 heterocycles. The van der Waals surface area contributed by atoms with E-state index in [4.69, 9.17) is 10.5 Å². The average Bonchev–Trinajstić information content (AvgIpc) is 2.66. The summed E-state index contributed by atoms with van der Waals surface area (Å²) >= 11 is 0. The summed E-state index contributed by atoms with van der Waals surface area (Å²) in [7, 11) is 0. The monoisotopic (exact) mass is 364 g/mol. The van der Waals surface area contributed by atoms with Crippen molar-refractivity contribution in [3.05, 3.63) is 34.4 Å². The molecule has 1 aliphatic rings. The Kier molecular flexibility index (Phi) is 7.34. The minimum absolute atomic E-state index is 0.0459. The van der Waals surface area contributed by atoms with Crippen molar-refractivity contribution in [1.29, 1.82) is 0 Å². The molecule has 1 aromatic rings. The van der Waals surface area contributed by atoms with Gasteiger partial charge in [0, 0.05) is 32.2 Å². The Morgan fingerprint density at radius 1 is 1.38 bits per heavy atom. The maximum atomic E-state index is 12.3. The molecule has 1 fully saturated rings. The zero-order chi connectivity index (χ0) is 18.9.